The maximum atomic E-state index is 10.6. The van der Waals surface area contributed by atoms with E-state index in [9.17, 15) is 13.2 Å². The fourth-order valence-electron chi connectivity index (χ4n) is 0. The summed E-state index contributed by atoms with van der Waals surface area (Å²) in [7, 11) is 0. The molecule has 0 aromatic carbocycles. The van der Waals surface area contributed by atoms with Gasteiger partial charge in [-0.05, 0) is 0 Å². The Balaban J connectivity index is 0. The van der Waals surface area contributed by atoms with Crippen molar-refractivity contribution in [2.45, 2.75) is 6.11 Å². The Kier molecular flexibility index (Phi) is 5.21. The molecule has 1 nitrogen and oxygen atoms in total. The summed E-state index contributed by atoms with van der Waals surface area (Å²) in [6, 6.07) is 0. The van der Waals surface area contributed by atoms with Gasteiger partial charge in [-0.25, -0.2) is 4.39 Å². The minimum Gasteiger partial charge on any atom is -0.334 e. The van der Waals surface area contributed by atoms with Crippen LogP contribution >= 0.6 is 0 Å². The molecule has 0 bridgehead atoms. The van der Waals surface area contributed by atoms with Gasteiger partial charge in [-0.2, -0.15) is 8.78 Å². The zero-order chi connectivity index (χ0) is 5.21. The SMILES string of the molecule is OC(F)(F)CF.[Ta]. The molecule has 0 rings (SSSR count). The van der Waals surface area contributed by atoms with Crippen LogP contribution in [0.4, 0.5) is 13.2 Å². The van der Waals surface area contributed by atoms with Crippen molar-refractivity contribution in [2.75, 3.05) is 6.67 Å². The van der Waals surface area contributed by atoms with Gasteiger partial charge in [-0.1, -0.05) is 0 Å². The Labute approximate surface area is 54.0 Å². The summed E-state index contributed by atoms with van der Waals surface area (Å²) in [6.07, 6.45) is -4.12. The van der Waals surface area contributed by atoms with Crippen LogP contribution in [0.3, 0.4) is 0 Å². The van der Waals surface area contributed by atoms with Gasteiger partial charge in [0.15, 0.2) is 6.67 Å². The van der Waals surface area contributed by atoms with Crippen LogP contribution in [0.1, 0.15) is 0 Å². The molecule has 0 amide bonds. The molecule has 5 heteroatoms. The molecule has 43 valence electrons. The summed E-state index contributed by atoms with van der Waals surface area (Å²) in [5.41, 5.74) is 0. The molecule has 0 unspecified atom stereocenters. The molecule has 0 saturated carbocycles. The van der Waals surface area contributed by atoms with Gasteiger partial charge in [-0.3, -0.25) is 0 Å². The summed E-state index contributed by atoms with van der Waals surface area (Å²) >= 11 is 0. The van der Waals surface area contributed by atoms with Gasteiger partial charge >= 0.3 is 6.11 Å². The van der Waals surface area contributed by atoms with Gasteiger partial charge in [0.25, 0.3) is 0 Å². The van der Waals surface area contributed by atoms with Crippen LogP contribution in [0, 0.1) is 0 Å². The van der Waals surface area contributed by atoms with E-state index in [0.717, 1.165) is 0 Å². The number of rotatable bonds is 1. The van der Waals surface area contributed by atoms with Gasteiger partial charge in [0.1, 0.15) is 0 Å². The Morgan fingerprint density at radius 3 is 1.57 bits per heavy atom. The van der Waals surface area contributed by atoms with Crippen LogP contribution in [0.15, 0.2) is 0 Å². The molecule has 0 atom stereocenters. The third-order valence-electron chi connectivity index (χ3n) is 0.161. The van der Waals surface area contributed by atoms with Crippen molar-refractivity contribution in [3.8, 4) is 0 Å². The van der Waals surface area contributed by atoms with Gasteiger partial charge in [0.2, 0.25) is 0 Å². The molecule has 7 heavy (non-hydrogen) atoms. The maximum absolute atomic E-state index is 10.6. The fraction of sp³-hybridized carbons (Fsp3) is 1.00. The first kappa shape index (κ1) is 10.5. The smallest absolute Gasteiger partial charge is 0.334 e. The molecule has 1 radical (unpaired) electrons. The van der Waals surface area contributed by atoms with Crippen molar-refractivity contribution < 1.29 is 40.7 Å². The number of alkyl halides is 3. The van der Waals surface area contributed by atoms with Crippen molar-refractivity contribution >= 4 is 0 Å². The first-order valence-electron chi connectivity index (χ1n) is 1.22. The van der Waals surface area contributed by atoms with E-state index in [1.165, 1.54) is 0 Å². The first-order valence-corrected chi connectivity index (χ1v) is 1.22. The predicted molar refractivity (Wildman–Crippen MR) is 13.1 cm³/mol. The van der Waals surface area contributed by atoms with Crippen LogP contribution in [-0.4, -0.2) is 17.9 Å². The fourth-order valence-corrected chi connectivity index (χ4v) is 0. The standard InChI is InChI=1S/C2H3F3O.Ta/c3-1-2(4,5)6;/h6H,1H2;. The summed E-state index contributed by atoms with van der Waals surface area (Å²) in [5.74, 6) is 0. The van der Waals surface area contributed by atoms with Crippen molar-refractivity contribution in [1.29, 1.82) is 0 Å². The number of aliphatic hydroxyl groups is 1. The van der Waals surface area contributed by atoms with Crippen molar-refractivity contribution in [2.24, 2.45) is 0 Å². The van der Waals surface area contributed by atoms with Gasteiger partial charge in [0.05, 0.1) is 0 Å². The molecule has 0 aromatic rings. The average molecular weight is 281 g/mol. The van der Waals surface area contributed by atoms with Crippen molar-refractivity contribution in [3.63, 3.8) is 0 Å². The van der Waals surface area contributed by atoms with Crippen molar-refractivity contribution in [1.82, 2.24) is 0 Å². The van der Waals surface area contributed by atoms with Crippen LogP contribution in [0.25, 0.3) is 0 Å². The third-order valence-corrected chi connectivity index (χ3v) is 0.161. The first-order chi connectivity index (χ1) is 2.56. The molecule has 0 aliphatic rings. The Morgan fingerprint density at radius 2 is 1.57 bits per heavy atom. The topological polar surface area (TPSA) is 20.2 Å². The van der Waals surface area contributed by atoms with E-state index in [-0.39, 0.29) is 22.4 Å². The summed E-state index contributed by atoms with van der Waals surface area (Å²) in [5, 5.41) is 7.12. The predicted octanol–water partition coefficient (Wildman–Crippen LogP) is 0.539. The van der Waals surface area contributed by atoms with E-state index >= 15 is 0 Å². The molecule has 0 saturated heterocycles. The second kappa shape index (κ2) is 3.49. The van der Waals surface area contributed by atoms with Gasteiger partial charge in [-0.15, -0.1) is 0 Å². The zero-order valence-electron chi connectivity index (χ0n) is 3.24. The van der Waals surface area contributed by atoms with Crippen LogP contribution in [-0.2, 0) is 22.4 Å². The monoisotopic (exact) mass is 281 g/mol. The van der Waals surface area contributed by atoms with Gasteiger partial charge in [0, 0.05) is 22.4 Å². The molecule has 0 aromatic heterocycles. The molecule has 0 aliphatic carbocycles. The summed E-state index contributed by atoms with van der Waals surface area (Å²) in [4.78, 5) is 0. The Hall–Kier alpha value is 0.490. The van der Waals surface area contributed by atoms with Crippen LogP contribution in [0.2, 0.25) is 0 Å². The second-order valence-electron chi connectivity index (χ2n) is 0.799. The normalized spacial score (nSPS) is 10.3. The number of hydrogen-bond acceptors (Lipinski definition) is 1. The van der Waals surface area contributed by atoms with Crippen LogP contribution < -0.4 is 0 Å². The largest absolute Gasteiger partial charge is 0.381 e. The third kappa shape index (κ3) is 10.7. The van der Waals surface area contributed by atoms with E-state index in [2.05, 4.69) is 0 Å². The van der Waals surface area contributed by atoms with Gasteiger partial charge < -0.3 is 5.11 Å². The molecular formula is C2H3F3OTa. The molecule has 0 heterocycles. The summed E-state index contributed by atoms with van der Waals surface area (Å²) in [6.45, 7) is -2.01. The van der Waals surface area contributed by atoms with E-state index in [1.807, 2.05) is 0 Å². The second-order valence-corrected chi connectivity index (χ2v) is 0.799. The average Bonchev–Trinajstić information content (AvgIpc) is 1.35. The molecule has 0 spiro atoms. The molecule has 0 aliphatic heterocycles. The number of halogens is 3. The maximum Gasteiger partial charge on any atom is 0.381 e. The molecule has 0 fully saturated rings. The van der Waals surface area contributed by atoms with E-state index in [1.54, 1.807) is 0 Å². The molecule has 1 N–H and O–H groups in total. The minimum absolute atomic E-state index is 0. The number of hydrogen-bond donors (Lipinski definition) is 1. The van der Waals surface area contributed by atoms with E-state index in [0.29, 0.717) is 0 Å². The van der Waals surface area contributed by atoms with E-state index < -0.39 is 12.8 Å². The summed E-state index contributed by atoms with van der Waals surface area (Å²) < 4.78 is 31.8. The Morgan fingerprint density at radius 1 is 1.43 bits per heavy atom. The molecular weight excluding hydrogens is 278 g/mol. The van der Waals surface area contributed by atoms with Crippen molar-refractivity contribution in [3.05, 3.63) is 0 Å². The van der Waals surface area contributed by atoms with E-state index in [4.69, 9.17) is 5.11 Å². The zero-order valence-corrected chi connectivity index (χ0v) is 6.45. The van der Waals surface area contributed by atoms with Crippen LogP contribution in [0.5, 0.6) is 0 Å². The minimum atomic E-state index is -4.12. The Bertz CT molecular complexity index is 42.7. The quantitative estimate of drug-likeness (QED) is 0.743.